The van der Waals surface area contributed by atoms with Crippen molar-refractivity contribution in [3.63, 3.8) is 0 Å². The SMILES string of the molecule is CCCCc1ccc(NC(=O)[C@H]2CCCN(S(=O)(=O)c3ccc(OCC)cc3)C2)cc1. The highest BCUT2D eigenvalue weighted by Gasteiger charge is 2.33. The average Bonchev–Trinajstić information content (AvgIpc) is 2.79. The lowest BCUT2D eigenvalue weighted by Crippen LogP contribution is -2.43. The molecule has 6 nitrogen and oxygen atoms in total. The van der Waals surface area contributed by atoms with Gasteiger partial charge in [0.1, 0.15) is 5.75 Å². The van der Waals surface area contributed by atoms with E-state index >= 15 is 0 Å². The van der Waals surface area contributed by atoms with Gasteiger partial charge in [0, 0.05) is 18.8 Å². The van der Waals surface area contributed by atoms with Crippen molar-refractivity contribution in [1.29, 1.82) is 0 Å². The van der Waals surface area contributed by atoms with Gasteiger partial charge in [0.25, 0.3) is 0 Å². The van der Waals surface area contributed by atoms with Crippen LogP contribution in [0.3, 0.4) is 0 Å². The number of unbranched alkanes of at least 4 members (excludes halogenated alkanes) is 1. The quantitative estimate of drug-likeness (QED) is 0.619. The molecule has 1 amide bonds. The molecule has 1 N–H and O–H groups in total. The Kier molecular flexibility index (Phi) is 8.09. The lowest BCUT2D eigenvalue weighted by molar-refractivity contribution is -0.120. The molecular weight excluding hydrogens is 412 g/mol. The number of aryl methyl sites for hydroxylation is 1. The molecule has 31 heavy (non-hydrogen) atoms. The summed E-state index contributed by atoms with van der Waals surface area (Å²) in [6, 6.07) is 14.3. The first-order chi connectivity index (χ1) is 14.9. The van der Waals surface area contributed by atoms with E-state index in [0.717, 1.165) is 24.9 Å². The number of nitrogens with one attached hydrogen (secondary N) is 1. The first-order valence-corrected chi connectivity index (χ1v) is 12.5. The maximum Gasteiger partial charge on any atom is 0.243 e. The highest BCUT2D eigenvalue weighted by atomic mass is 32.2. The average molecular weight is 445 g/mol. The topological polar surface area (TPSA) is 75.7 Å². The van der Waals surface area contributed by atoms with E-state index in [1.165, 1.54) is 9.87 Å². The van der Waals surface area contributed by atoms with Crippen LogP contribution in [0.2, 0.25) is 0 Å². The number of sulfonamides is 1. The van der Waals surface area contributed by atoms with E-state index in [4.69, 9.17) is 4.74 Å². The molecule has 1 atom stereocenters. The summed E-state index contributed by atoms with van der Waals surface area (Å²) < 4.78 is 32.9. The van der Waals surface area contributed by atoms with E-state index < -0.39 is 10.0 Å². The molecule has 1 heterocycles. The molecule has 2 aromatic carbocycles. The standard InChI is InChI=1S/C24H32N2O4S/c1-3-5-7-19-9-11-21(12-10-19)25-24(27)20-8-6-17-26(18-20)31(28,29)23-15-13-22(14-16-23)30-4-2/h9-16,20H,3-8,17-18H2,1-2H3,(H,25,27)/t20-/m0/s1. The number of benzene rings is 2. The Bertz CT molecular complexity index is 956. The summed E-state index contributed by atoms with van der Waals surface area (Å²) in [5, 5.41) is 2.95. The molecule has 0 spiro atoms. The Morgan fingerprint density at radius 3 is 2.45 bits per heavy atom. The van der Waals surface area contributed by atoms with Gasteiger partial charge < -0.3 is 10.1 Å². The van der Waals surface area contributed by atoms with Crippen LogP contribution in [0.4, 0.5) is 5.69 Å². The second kappa shape index (κ2) is 10.8. The molecule has 3 rings (SSSR count). The van der Waals surface area contributed by atoms with Gasteiger partial charge in [-0.15, -0.1) is 0 Å². The number of hydrogen-bond donors (Lipinski definition) is 1. The van der Waals surface area contributed by atoms with Gasteiger partial charge in [-0.3, -0.25) is 4.79 Å². The van der Waals surface area contributed by atoms with E-state index in [1.54, 1.807) is 24.3 Å². The highest BCUT2D eigenvalue weighted by molar-refractivity contribution is 7.89. The van der Waals surface area contributed by atoms with Crippen LogP contribution in [0.25, 0.3) is 0 Å². The fourth-order valence-corrected chi connectivity index (χ4v) is 5.30. The predicted molar refractivity (Wildman–Crippen MR) is 123 cm³/mol. The maximum atomic E-state index is 13.1. The minimum Gasteiger partial charge on any atom is -0.494 e. The Morgan fingerprint density at radius 2 is 1.81 bits per heavy atom. The number of rotatable bonds is 9. The van der Waals surface area contributed by atoms with Crippen LogP contribution in [0, 0.1) is 5.92 Å². The molecule has 0 radical (unpaired) electrons. The molecule has 1 aliphatic rings. The van der Waals surface area contributed by atoms with Gasteiger partial charge >= 0.3 is 0 Å². The van der Waals surface area contributed by atoms with Crippen molar-refractivity contribution in [3.05, 3.63) is 54.1 Å². The van der Waals surface area contributed by atoms with Crippen molar-refractivity contribution in [1.82, 2.24) is 4.31 Å². The van der Waals surface area contributed by atoms with Crippen molar-refractivity contribution in [3.8, 4) is 5.75 Å². The van der Waals surface area contributed by atoms with Gasteiger partial charge in [-0.1, -0.05) is 25.5 Å². The first kappa shape index (κ1) is 23.3. The molecule has 0 saturated carbocycles. The number of nitrogens with zero attached hydrogens (tertiary/aromatic N) is 1. The van der Waals surface area contributed by atoms with Crippen LogP contribution in [0.1, 0.15) is 45.1 Å². The van der Waals surface area contributed by atoms with Gasteiger partial charge in [0.05, 0.1) is 17.4 Å². The zero-order valence-electron chi connectivity index (χ0n) is 18.3. The summed E-state index contributed by atoms with van der Waals surface area (Å²) in [5.74, 6) is 0.136. The van der Waals surface area contributed by atoms with Gasteiger partial charge in [-0.25, -0.2) is 8.42 Å². The zero-order valence-corrected chi connectivity index (χ0v) is 19.2. The van der Waals surface area contributed by atoms with Crippen LogP contribution in [-0.4, -0.2) is 38.3 Å². The molecule has 2 aromatic rings. The van der Waals surface area contributed by atoms with E-state index in [-0.39, 0.29) is 23.3 Å². The summed E-state index contributed by atoms with van der Waals surface area (Å²) in [6.07, 6.45) is 4.66. The second-order valence-electron chi connectivity index (χ2n) is 7.90. The number of piperidine rings is 1. The number of ether oxygens (including phenoxy) is 1. The van der Waals surface area contributed by atoms with E-state index in [1.807, 2.05) is 31.2 Å². The Labute approximate surface area is 185 Å². The smallest absolute Gasteiger partial charge is 0.243 e. The fourth-order valence-electron chi connectivity index (χ4n) is 3.78. The third-order valence-electron chi connectivity index (χ3n) is 5.57. The number of carbonyl (C=O) groups is 1. The number of carbonyl (C=O) groups excluding carboxylic acids is 1. The number of anilines is 1. The number of amides is 1. The third-order valence-corrected chi connectivity index (χ3v) is 7.45. The largest absolute Gasteiger partial charge is 0.494 e. The maximum absolute atomic E-state index is 13.1. The first-order valence-electron chi connectivity index (χ1n) is 11.1. The predicted octanol–water partition coefficient (Wildman–Crippen LogP) is 4.47. The molecule has 1 aliphatic heterocycles. The Morgan fingerprint density at radius 1 is 1.10 bits per heavy atom. The second-order valence-corrected chi connectivity index (χ2v) is 9.83. The van der Waals surface area contributed by atoms with E-state index in [0.29, 0.717) is 31.7 Å². The Balaban J connectivity index is 1.63. The summed E-state index contributed by atoms with van der Waals surface area (Å²) in [4.78, 5) is 13.0. The van der Waals surface area contributed by atoms with Gasteiger partial charge in [0.2, 0.25) is 15.9 Å². The fraction of sp³-hybridized carbons (Fsp3) is 0.458. The molecule has 1 saturated heterocycles. The van der Waals surface area contributed by atoms with Crippen molar-refractivity contribution in [2.24, 2.45) is 5.92 Å². The molecule has 168 valence electrons. The van der Waals surface area contributed by atoms with Crippen LogP contribution >= 0.6 is 0 Å². The summed E-state index contributed by atoms with van der Waals surface area (Å²) in [7, 11) is -3.65. The summed E-state index contributed by atoms with van der Waals surface area (Å²) >= 11 is 0. The molecule has 0 aliphatic carbocycles. The zero-order chi connectivity index (χ0) is 22.3. The van der Waals surface area contributed by atoms with Crippen molar-refractivity contribution >= 4 is 21.6 Å². The van der Waals surface area contributed by atoms with Crippen LogP contribution < -0.4 is 10.1 Å². The van der Waals surface area contributed by atoms with Gasteiger partial charge in [-0.2, -0.15) is 4.31 Å². The normalized spacial score (nSPS) is 17.3. The van der Waals surface area contributed by atoms with Gasteiger partial charge in [0.15, 0.2) is 0 Å². The van der Waals surface area contributed by atoms with Gasteiger partial charge in [-0.05, 0) is 74.6 Å². The van der Waals surface area contributed by atoms with E-state index in [2.05, 4.69) is 12.2 Å². The molecule has 0 unspecified atom stereocenters. The summed E-state index contributed by atoms with van der Waals surface area (Å²) in [5.41, 5.74) is 2.00. The van der Waals surface area contributed by atoms with Crippen molar-refractivity contribution in [2.75, 3.05) is 25.0 Å². The van der Waals surface area contributed by atoms with Crippen molar-refractivity contribution in [2.45, 2.75) is 50.8 Å². The number of hydrogen-bond acceptors (Lipinski definition) is 4. The summed E-state index contributed by atoms with van der Waals surface area (Å²) in [6.45, 7) is 5.18. The minimum atomic E-state index is -3.65. The van der Waals surface area contributed by atoms with Crippen LogP contribution in [0.5, 0.6) is 5.75 Å². The van der Waals surface area contributed by atoms with Crippen molar-refractivity contribution < 1.29 is 17.9 Å². The lowest BCUT2D eigenvalue weighted by Gasteiger charge is -2.31. The monoisotopic (exact) mass is 444 g/mol. The molecule has 0 aromatic heterocycles. The molecular formula is C24H32N2O4S. The molecule has 0 bridgehead atoms. The molecule has 7 heteroatoms. The highest BCUT2D eigenvalue weighted by Crippen LogP contribution is 2.26. The van der Waals surface area contributed by atoms with Crippen LogP contribution in [0.15, 0.2) is 53.4 Å². The minimum absolute atomic E-state index is 0.132. The molecule has 1 fully saturated rings. The van der Waals surface area contributed by atoms with Crippen LogP contribution in [-0.2, 0) is 21.2 Å². The third kappa shape index (κ3) is 6.08. The lowest BCUT2D eigenvalue weighted by atomic mass is 9.98. The Hall–Kier alpha value is -2.38. The van der Waals surface area contributed by atoms with E-state index in [9.17, 15) is 13.2 Å².